The average Bonchev–Trinajstić information content (AvgIpc) is 2.68. The molecule has 5 nitrogen and oxygen atoms in total. The maximum Gasteiger partial charge on any atom is 0.191 e. The standard InChI is InChI=1S/C13H26N4O.HI/c14-13(17-9-11-18-12-10-17)15-5-8-16-6-3-1-2-4-7-16;/h1-12H2,(H2,14,15);1H. The second kappa shape index (κ2) is 9.77. The summed E-state index contributed by atoms with van der Waals surface area (Å²) in [6, 6.07) is 0. The SMILES string of the molecule is I.NC(=NCCN1CCCCCC1)N1CCOCC1. The molecule has 0 aromatic heterocycles. The molecule has 0 radical (unpaired) electrons. The summed E-state index contributed by atoms with van der Waals surface area (Å²) in [5.41, 5.74) is 6.00. The Kier molecular flexibility index (Phi) is 8.72. The molecule has 0 aliphatic carbocycles. The Labute approximate surface area is 133 Å². The zero-order valence-corrected chi connectivity index (χ0v) is 14.1. The molecule has 0 amide bonds. The second-order valence-electron chi connectivity index (χ2n) is 5.10. The number of ether oxygens (including phenoxy) is 1. The summed E-state index contributed by atoms with van der Waals surface area (Å²) in [6.07, 6.45) is 5.44. The van der Waals surface area contributed by atoms with Crippen molar-refractivity contribution < 1.29 is 4.74 Å². The third-order valence-electron chi connectivity index (χ3n) is 3.72. The van der Waals surface area contributed by atoms with E-state index in [1.165, 1.54) is 38.8 Å². The number of likely N-dealkylation sites (tertiary alicyclic amines) is 1. The molecule has 2 saturated heterocycles. The van der Waals surface area contributed by atoms with Crippen LogP contribution in [0.2, 0.25) is 0 Å². The second-order valence-corrected chi connectivity index (χ2v) is 5.10. The highest BCUT2D eigenvalue weighted by Crippen LogP contribution is 2.08. The maximum absolute atomic E-state index is 6.00. The molecule has 0 bridgehead atoms. The number of nitrogens with two attached hydrogens (primary N) is 1. The van der Waals surface area contributed by atoms with E-state index in [0.29, 0.717) is 5.96 Å². The highest BCUT2D eigenvalue weighted by Gasteiger charge is 2.12. The van der Waals surface area contributed by atoms with Gasteiger partial charge in [-0.3, -0.25) is 4.99 Å². The Bertz CT molecular complexity index is 261. The van der Waals surface area contributed by atoms with Crippen molar-refractivity contribution in [2.45, 2.75) is 25.7 Å². The van der Waals surface area contributed by atoms with Gasteiger partial charge in [0.15, 0.2) is 5.96 Å². The lowest BCUT2D eigenvalue weighted by Gasteiger charge is -2.27. The van der Waals surface area contributed by atoms with E-state index in [9.17, 15) is 0 Å². The van der Waals surface area contributed by atoms with Gasteiger partial charge < -0.3 is 20.3 Å². The quantitative estimate of drug-likeness (QED) is 0.452. The molecule has 2 aliphatic heterocycles. The maximum atomic E-state index is 6.00. The van der Waals surface area contributed by atoms with Crippen LogP contribution >= 0.6 is 24.0 Å². The van der Waals surface area contributed by atoms with Crippen molar-refractivity contribution in [2.75, 3.05) is 52.5 Å². The number of morpholine rings is 1. The van der Waals surface area contributed by atoms with Crippen molar-refractivity contribution in [1.29, 1.82) is 0 Å². The number of halogens is 1. The zero-order chi connectivity index (χ0) is 12.6. The van der Waals surface area contributed by atoms with Gasteiger partial charge >= 0.3 is 0 Å². The van der Waals surface area contributed by atoms with E-state index in [4.69, 9.17) is 10.5 Å². The summed E-state index contributed by atoms with van der Waals surface area (Å²) in [4.78, 5) is 9.13. The molecule has 2 N–H and O–H groups in total. The summed E-state index contributed by atoms with van der Waals surface area (Å²) in [5.74, 6) is 0.688. The number of rotatable bonds is 3. The summed E-state index contributed by atoms with van der Waals surface area (Å²) >= 11 is 0. The zero-order valence-electron chi connectivity index (χ0n) is 11.7. The summed E-state index contributed by atoms with van der Waals surface area (Å²) < 4.78 is 5.30. The van der Waals surface area contributed by atoms with Crippen LogP contribution in [0.3, 0.4) is 0 Å². The molecule has 0 aromatic rings. The monoisotopic (exact) mass is 382 g/mol. The lowest BCUT2D eigenvalue weighted by Crippen LogP contribution is -2.45. The van der Waals surface area contributed by atoms with Crippen LogP contribution < -0.4 is 5.73 Å². The average molecular weight is 382 g/mol. The molecule has 0 unspecified atom stereocenters. The third-order valence-corrected chi connectivity index (χ3v) is 3.72. The molecule has 2 fully saturated rings. The Morgan fingerprint density at radius 1 is 1.00 bits per heavy atom. The molecule has 0 saturated carbocycles. The van der Waals surface area contributed by atoms with E-state index >= 15 is 0 Å². The van der Waals surface area contributed by atoms with Crippen molar-refractivity contribution in [2.24, 2.45) is 10.7 Å². The van der Waals surface area contributed by atoms with Crippen LogP contribution in [0.15, 0.2) is 4.99 Å². The first-order valence-corrected chi connectivity index (χ1v) is 7.21. The molecule has 6 heteroatoms. The predicted octanol–water partition coefficient (Wildman–Crippen LogP) is 1.13. The van der Waals surface area contributed by atoms with Crippen molar-refractivity contribution in [3.63, 3.8) is 0 Å². The van der Waals surface area contributed by atoms with Gasteiger partial charge in [-0.25, -0.2) is 0 Å². The summed E-state index contributed by atoms with van der Waals surface area (Å²) in [7, 11) is 0. The van der Waals surface area contributed by atoms with Gasteiger partial charge in [-0.05, 0) is 25.9 Å². The third kappa shape index (κ3) is 6.27. The van der Waals surface area contributed by atoms with E-state index in [1.54, 1.807) is 0 Å². The van der Waals surface area contributed by atoms with E-state index in [0.717, 1.165) is 39.4 Å². The first-order valence-electron chi connectivity index (χ1n) is 7.21. The largest absolute Gasteiger partial charge is 0.378 e. The lowest BCUT2D eigenvalue weighted by atomic mass is 10.2. The first-order chi connectivity index (χ1) is 8.86. The number of hydrogen-bond acceptors (Lipinski definition) is 3. The van der Waals surface area contributed by atoms with E-state index in [-0.39, 0.29) is 24.0 Å². The fourth-order valence-electron chi connectivity index (χ4n) is 2.56. The van der Waals surface area contributed by atoms with Crippen molar-refractivity contribution >= 4 is 29.9 Å². The van der Waals surface area contributed by atoms with Gasteiger partial charge in [0.2, 0.25) is 0 Å². The lowest BCUT2D eigenvalue weighted by molar-refractivity contribution is 0.0674. The van der Waals surface area contributed by atoms with Crippen molar-refractivity contribution in [3.05, 3.63) is 0 Å². The minimum Gasteiger partial charge on any atom is -0.378 e. The predicted molar refractivity (Wildman–Crippen MR) is 89.2 cm³/mol. The van der Waals surface area contributed by atoms with Crippen molar-refractivity contribution in [3.8, 4) is 0 Å². The number of guanidine groups is 1. The molecule has 0 spiro atoms. The molecule has 19 heavy (non-hydrogen) atoms. The van der Waals surface area contributed by atoms with Gasteiger partial charge in [0, 0.05) is 19.6 Å². The molecule has 2 aliphatic rings. The Morgan fingerprint density at radius 2 is 1.63 bits per heavy atom. The molecule has 0 atom stereocenters. The molecule has 0 aromatic carbocycles. The Hall–Kier alpha value is -0.0800. The van der Waals surface area contributed by atoms with Gasteiger partial charge in [-0.2, -0.15) is 0 Å². The molecule has 2 heterocycles. The molecular weight excluding hydrogens is 355 g/mol. The summed E-state index contributed by atoms with van der Waals surface area (Å²) in [5, 5.41) is 0. The molecular formula is C13H27IN4O. The van der Waals surface area contributed by atoms with Crippen LogP contribution in [0.5, 0.6) is 0 Å². The van der Waals surface area contributed by atoms with Crippen LogP contribution in [0, 0.1) is 0 Å². The topological polar surface area (TPSA) is 54.1 Å². The molecule has 112 valence electrons. The fraction of sp³-hybridized carbons (Fsp3) is 0.923. The van der Waals surface area contributed by atoms with Gasteiger partial charge in [0.25, 0.3) is 0 Å². The number of hydrogen-bond donors (Lipinski definition) is 1. The van der Waals surface area contributed by atoms with Crippen LogP contribution in [-0.2, 0) is 4.74 Å². The van der Waals surface area contributed by atoms with Gasteiger partial charge in [0.1, 0.15) is 0 Å². The Balaban J connectivity index is 0.00000180. The van der Waals surface area contributed by atoms with Crippen LogP contribution in [0.1, 0.15) is 25.7 Å². The fourth-order valence-corrected chi connectivity index (χ4v) is 2.56. The van der Waals surface area contributed by atoms with Crippen molar-refractivity contribution in [1.82, 2.24) is 9.80 Å². The van der Waals surface area contributed by atoms with E-state index in [1.807, 2.05) is 0 Å². The number of nitrogens with zero attached hydrogens (tertiary/aromatic N) is 3. The first kappa shape index (κ1) is 17.0. The van der Waals surface area contributed by atoms with E-state index < -0.39 is 0 Å². The number of aliphatic imine (C=N–C) groups is 1. The van der Waals surface area contributed by atoms with E-state index in [2.05, 4.69) is 14.8 Å². The normalized spacial score (nSPS) is 22.7. The Morgan fingerprint density at radius 3 is 2.26 bits per heavy atom. The minimum absolute atomic E-state index is 0. The smallest absolute Gasteiger partial charge is 0.191 e. The van der Waals surface area contributed by atoms with Crippen LogP contribution in [0.4, 0.5) is 0 Å². The van der Waals surface area contributed by atoms with Gasteiger partial charge in [0.05, 0.1) is 19.8 Å². The highest BCUT2D eigenvalue weighted by atomic mass is 127. The van der Waals surface area contributed by atoms with Gasteiger partial charge in [-0.1, -0.05) is 12.8 Å². The van der Waals surface area contributed by atoms with Crippen LogP contribution in [-0.4, -0.2) is 68.2 Å². The van der Waals surface area contributed by atoms with Gasteiger partial charge in [-0.15, -0.1) is 24.0 Å². The van der Waals surface area contributed by atoms with Crippen LogP contribution in [0.25, 0.3) is 0 Å². The minimum atomic E-state index is 0. The summed E-state index contributed by atoms with van der Waals surface area (Å²) in [6.45, 7) is 7.61. The highest BCUT2D eigenvalue weighted by molar-refractivity contribution is 14.0. The molecule has 2 rings (SSSR count).